The van der Waals surface area contributed by atoms with Gasteiger partial charge in [0.25, 0.3) is 5.56 Å². The molecule has 0 atom stereocenters. The van der Waals surface area contributed by atoms with Crippen LogP contribution in [-0.2, 0) is 13.2 Å². The van der Waals surface area contributed by atoms with E-state index in [9.17, 15) is 15.0 Å². The molecule has 0 unspecified atom stereocenters. The van der Waals surface area contributed by atoms with Gasteiger partial charge in [0.05, 0.1) is 24.3 Å². The largest absolute Gasteiger partial charge is 0.395 e. The zero-order valence-corrected chi connectivity index (χ0v) is 12.1. The standard InChI is InChI=1S/C18H17NO3/c20-11-10-19-16-9-5-4-8-14(16)17(15(12-21)18(19)22)13-6-2-1-3-7-13/h1-9,20-21H,10-12H2. The van der Waals surface area contributed by atoms with E-state index in [1.165, 1.54) is 4.57 Å². The lowest BCUT2D eigenvalue weighted by Crippen LogP contribution is -2.26. The molecule has 0 saturated carbocycles. The molecule has 0 spiro atoms. The van der Waals surface area contributed by atoms with Crippen LogP contribution < -0.4 is 5.56 Å². The van der Waals surface area contributed by atoms with Crippen molar-refractivity contribution >= 4 is 10.9 Å². The second kappa shape index (κ2) is 6.13. The van der Waals surface area contributed by atoms with Crippen LogP contribution in [0.15, 0.2) is 59.4 Å². The molecule has 0 aliphatic carbocycles. The SMILES string of the molecule is O=c1c(CO)c(-c2ccccc2)c2ccccc2n1CCO. The fraction of sp³-hybridized carbons (Fsp3) is 0.167. The maximum Gasteiger partial charge on any atom is 0.257 e. The molecule has 4 nitrogen and oxygen atoms in total. The number of aliphatic hydroxyl groups excluding tert-OH is 2. The third-order valence-corrected chi connectivity index (χ3v) is 3.81. The summed E-state index contributed by atoms with van der Waals surface area (Å²) in [6, 6.07) is 17.1. The Labute approximate surface area is 127 Å². The smallest absolute Gasteiger partial charge is 0.257 e. The Balaban J connectivity index is 2.46. The van der Waals surface area contributed by atoms with Crippen LogP contribution in [-0.4, -0.2) is 21.4 Å². The third kappa shape index (κ3) is 2.32. The third-order valence-electron chi connectivity index (χ3n) is 3.81. The number of benzene rings is 2. The average molecular weight is 295 g/mol. The molecule has 0 saturated heterocycles. The van der Waals surface area contributed by atoms with Crippen molar-refractivity contribution in [3.63, 3.8) is 0 Å². The van der Waals surface area contributed by atoms with Gasteiger partial charge in [-0.3, -0.25) is 4.79 Å². The van der Waals surface area contributed by atoms with E-state index in [0.717, 1.165) is 22.0 Å². The average Bonchev–Trinajstić information content (AvgIpc) is 2.57. The van der Waals surface area contributed by atoms with Crippen LogP contribution in [0.5, 0.6) is 0 Å². The van der Waals surface area contributed by atoms with Crippen molar-refractivity contribution in [2.24, 2.45) is 0 Å². The van der Waals surface area contributed by atoms with Gasteiger partial charge in [-0.15, -0.1) is 0 Å². The van der Waals surface area contributed by atoms with E-state index in [1.54, 1.807) is 0 Å². The fourth-order valence-electron chi connectivity index (χ4n) is 2.87. The highest BCUT2D eigenvalue weighted by Gasteiger charge is 2.16. The van der Waals surface area contributed by atoms with Gasteiger partial charge < -0.3 is 14.8 Å². The van der Waals surface area contributed by atoms with Crippen LogP contribution in [0.2, 0.25) is 0 Å². The Morgan fingerprint density at radius 1 is 0.909 bits per heavy atom. The van der Waals surface area contributed by atoms with Crippen molar-refractivity contribution in [1.29, 1.82) is 0 Å². The summed E-state index contributed by atoms with van der Waals surface area (Å²) in [6.45, 7) is -0.250. The lowest BCUT2D eigenvalue weighted by molar-refractivity contribution is 0.269. The Bertz CT molecular complexity index is 853. The van der Waals surface area contributed by atoms with Crippen molar-refractivity contribution in [3.05, 3.63) is 70.5 Å². The second-order valence-corrected chi connectivity index (χ2v) is 5.08. The first kappa shape index (κ1) is 14.5. The zero-order chi connectivity index (χ0) is 15.5. The second-order valence-electron chi connectivity index (χ2n) is 5.08. The monoisotopic (exact) mass is 295 g/mol. The summed E-state index contributed by atoms with van der Waals surface area (Å²) < 4.78 is 1.52. The molecule has 2 aromatic carbocycles. The highest BCUT2D eigenvalue weighted by molar-refractivity contribution is 5.96. The van der Waals surface area contributed by atoms with Gasteiger partial charge in [-0.25, -0.2) is 0 Å². The summed E-state index contributed by atoms with van der Waals surface area (Å²) in [5.41, 5.74) is 2.53. The van der Waals surface area contributed by atoms with E-state index in [4.69, 9.17) is 0 Å². The molecule has 0 aliphatic heterocycles. The van der Waals surface area contributed by atoms with Crippen molar-refractivity contribution < 1.29 is 10.2 Å². The van der Waals surface area contributed by atoms with E-state index >= 15 is 0 Å². The van der Waals surface area contributed by atoms with Gasteiger partial charge in [0.1, 0.15) is 0 Å². The zero-order valence-electron chi connectivity index (χ0n) is 12.1. The molecule has 4 heteroatoms. The summed E-state index contributed by atoms with van der Waals surface area (Å²) in [4.78, 5) is 12.7. The van der Waals surface area contributed by atoms with Crippen molar-refractivity contribution in [3.8, 4) is 11.1 Å². The molecular weight excluding hydrogens is 278 g/mol. The summed E-state index contributed by atoms with van der Waals surface area (Å²) in [6.07, 6.45) is 0. The quantitative estimate of drug-likeness (QED) is 0.775. The van der Waals surface area contributed by atoms with E-state index in [2.05, 4.69) is 0 Å². The molecule has 0 bridgehead atoms. The molecule has 22 heavy (non-hydrogen) atoms. The van der Waals surface area contributed by atoms with Crippen LogP contribution in [0.25, 0.3) is 22.0 Å². The lowest BCUT2D eigenvalue weighted by atomic mass is 9.96. The summed E-state index contributed by atoms with van der Waals surface area (Å²) in [7, 11) is 0. The van der Waals surface area contributed by atoms with Crippen LogP contribution in [0.1, 0.15) is 5.56 Å². The minimum atomic E-state index is -0.334. The van der Waals surface area contributed by atoms with Gasteiger partial charge in [0, 0.05) is 17.5 Å². The van der Waals surface area contributed by atoms with Gasteiger partial charge >= 0.3 is 0 Å². The molecule has 112 valence electrons. The Morgan fingerprint density at radius 3 is 2.27 bits per heavy atom. The van der Waals surface area contributed by atoms with Gasteiger partial charge in [-0.1, -0.05) is 48.5 Å². The van der Waals surface area contributed by atoms with Crippen LogP contribution in [0.3, 0.4) is 0 Å². The van der Waals surface area contributed by atoms with Crippen molar-refractivity contribution in [2.75, 3.05) is 6.61 Å². The first-order valence-electron chi connectivity index (χ1n) is 7.19. The number of aromatic nitrogens is 1. The highest BCUT2D eigenvalue weighted by Crippen LogP contribution is 2.30. The van der Waals surface area contributed by atoms with Crippen LogP contribution in [0.4, 0.5) is 0 Å². The molecule has 0 fully saturated rings. The molecule has 0 amide bonds. The van der Waals surface area contributed by atoms with Gasteiger partial charge in [-0.05, 0) is 11.6 Å². The number of pyridine rings is 1. The molecule has 3 rings (SSSR count). The number of rotatable bonds is 4. The molecule has 1 heterocycles. The molecule has 0 aliphatic rings. The summed E-state index contributed by atoms with van der Waals surface area (Å²) in [5.74, 6) is 0. The molecule has 1 aromatic heterocycles. The molecule has 2 N–H and O–H groups in total. The fourth-order valence-corrected chi connectivity index (χ4v) is 2.87. The predicted molar refractivity (Wildman–Crippen MR) is 86.7 cm³/mol. The van der Waals surface area contributed by atoms with Gasteiger partial charge in [0.2, 0.25) is 0 Å². The summed E-state index contributed by atoms with van der Waals surface area (Å²) >= 11 is 0. The number of para-hydroxylation sites is 1. The molecular formula is C18H17NO3. The molecule has 3 aromatic rings. The Morgan fingerprint density at radius 2 is 1.59 bits per heavy atom. The number of hydrogen-bond acceptors (Lipinski definition) is 3. The van der Waals surface area contributed by atoms with E-state index < -0.39 is 0 Å². The Kier molecular flexibility index (Phi) is 4.04. The molecule has 0 radical (unpaired) electrons. The lowest BCUT2D eigenvalue weighted by Gasteiger charge is -2.16. The highest BCUT2D eigenvalue weighted by atomic mass is 16.3. The number of aliphatic hydroxyl groups is 2. The van der Waals surface area contributed by atoms with Crippen LogP contribution in [0, 0.1) is 0 Å². The first-order chi connectivity index (χ1) is 10.8. The maximum absolute atomic E-state index is 12.7. The van der Waals surface area contributed by atoms with E-state index in [0.29, 0.717) is 5.56 Å². The van der Waals surface area contributed by atoms with Gasteiger partial charge in [0.15, 0.2) is 0 Å². The normalized spacial score (nSPS) is 11.0. The minimum Gasteiger partial charge on any atom is -0.395 e. The topological polar surface area (TPSA) is 62.5 Å². The van der Waals surface area contributed by atoms with Crippen molar-refractivity contribution in [2.45, 2.75) is 13.2 Å². The predicted octanol–water partition coefficient (Wildman–Crippen LogP) is 2.15. The maximum atomic E-state index is 12.7. The van der Waals surface area contributed by atoms with Crippen molar-refractivity contribution in [1.82, 2.24) is 4.57 Å². The minimum absolute atomic E-state index is 0.126. The number of nitrogens with zero attached hydrogens (tertiary/aromatic N) is 1. The van der Waals surface area contributed by atoms with E-state index in [-0.39, 0.29) is 25.3 Å². The number of fused-ring (bicyclic) bond motifs is 1. The van der Waals surface area contributed by atoms with Gasteiger partial charge in [-0.2, -0.15) is 0 Å². The Hall–Kier alpha value is -2.43. The number of hydrogen-bond donors (Lipinski definition) is 2. The van der Waals surface area contributed by atoms with Crippen LogP contribution >= 0.6 is 0 Å². The summed E-state index contributed by atoms with van der Waals surface area (Å²) in [5, 5.41) is 19.9. The first-order valence-corrected chi connectivity index (χ1v) is 7.19. The van der Waals surface area contributed by atoms with E-state index in [1.807, 2.05) is 54.6 Å².